The van der Waals surface area contributed by atoms with E-state index in [0.29, 0.717) is 18.2 Å². The molecule has 17 heavy (non-hydrogen) atoms. The molecule has 2 aromatic rings. The molecule has 0 amide bonds. The van der Waals surface area contributed by atoms with Crippen molar-refractivity contribution < 1.29 is 9.84 Å². The molecular weight excluding hydrogens is 218 g/mol. The second kappa shape index (κ2) is 4.78. The van der Waals surface area contributed by atoms with E-state index in [9.17, 15) is 5.11 Å². The van der Waals surface area contributed by atoms with Crippen LogP contribution in [0.2, 0.25) is 0 Å². The van der Waals surface area contributed by atoms with Crippen molar-refractivity contribution in [3.05, 3.63) is 36.0 Å². The third-order valence-electron chi connectivity index (χ3n) is 2.51. The van der Waals surface area contributed by atoms with Crippen molar-refractivity contribution in [1.82, 2.24) is 9.78 Å². The molecule has 0 unspecified atom stereocenters. The maximum absolute atomic E-state index is 9.53. The zero-order valence-corrected chi connectivity index (χ0v) is 9.63. The summed E-state index contributed by atoms with van der Waals surface area (Å²) in [5.74, 6) is 1.16. The summed E-state index contributed by atoms with van der Waals surface area (Å²) in [4.78, 5) is 0. The standard InChI is InChI=1S/C12H15N3O2/c1-2-15-12(13)9(7-14-15)8-17-11-6-4-3-5-10(11)16/h3-7,16H,2,8,13H2,1H3. The lowest BCUT2D eigenvalue weighted by molar-refractivity contribution is 0.289. The minimum atomic E-state index is 0.119. The molecule has 0 aliphatic carbocycles. The lowest BCUT2D eigenvalue weighted by atomic mass is 10.3. The van der Waals surface area contributed by atoms with E-state index in [1.807, 2.05) is 6.92 Å². The zero-order valence-electron chi connectivity index (χ0n) is 9.63. The van der Waals surface area contributed by atoms with Crippen LogP contribution in [0.15, 0.2) is 30.5 Å². The van der Waals surface area contributed by atoms with Crippen molar-refractivity contribution in [2.45, 2.75) is 20.1 Å². The van der Waals surface area contributed by atoms with Crippen LogP contribution in [0.3, 0.4) is 0 Å². The van der Waals surface area contributed by atoms with Gasteiger partial charge in [0.25, 0.3) is 0 Å². The molecule has 0 atom stereocenters. The van der Waals surface area contributed by atoms with E-state index in [-0.39, 0.29) is 5.75 Å². The molecule has 5 nitrogen and oxygen atoms in total. The summed E-state index contributed by atoms with van der Waals surface area (Å²) in [7, 11) is 0. The van der Waals surface area contributed by atoms with Gasteiger partial charge in [-0.05, 0) is 19.1 Å². The van der Waals surface area contributed by atoms with E-state index in [4.69, 9.17) is 10.5 Å². The molecule has 0 spiro atoms. The fraction of sp³-hybridized carbons (Fsp3) is 0.250. The Morgan fingerprint density at radius 1 is 1.41 bits per heavy atom. The highest BCUT2D eigenvalue weighted by Crippen LogP contribution is 2.25. The Balaban J connectivity index is 2.07. The Morgan fingerprint density at radius 3 is 2.82 bits per heavy atom. The van der Waals surface area contributed by atoms with Gasteiger partial charge in [0.05, 0.1) is 11.8 Å². The highest BCUT2D eigenvalue weighted by atomic mass is 16.5. The lowest BCUT2D eigenvalue weighted by Gasteiger charge is -2.07. The highest BCUT2D eigenvalue weighted by Gasteiger charge is 2.08. The van der Waals surface area contributed by atoms with E-state index >= 15 is 0 Å². The van der Waals surface area contributed by atoms with Crippen LogP contribution >= 0.6 is 0 Å². The predicted molar refractivity (Wildman–Crippen MR) is 64.8 cm³/mol. The third-order valence-corrected chi connectivity index (χ3v) is 2.51. The number of aromatic nitrogens is 2. The van der Waals surface area contributed by atoms with Crippen molar-refractivity contribution in [1.29, 1.82) is 0 Å². The summed E-state index contributed by atoms with van der Waals surface area (Å²) in [5.41, 5.74) is 6.69. The Morgan fingerprint density at radius 2 is 2.18 bits per heavy atom. The minimum absolute atomic E-state index is 0.119. The molecule has 0 radical (unpaired) electrons. The number of benzene rings is 1. The van der Waals surface area contributed by atoms with Crippen LogP contribution in [0.4, 0.5) is 5.82 Å². The van der Waals surface area contributed by atoms with Gasteiger partial charge in [-0.2, -0.15) is 5.10 Å². The van der Waals surface area contributed by atoms with Gasteiger partial charge in [0.2, 0.25) is 0 Å². The van der Waals surface area contributed by atoms with E-state index in [1.54, 1.807) is 35.1 Å². The molecule has 0 saturated heterocycles. The van der Waals surface area contributed by atoms with Crippen molar-refractivity contribution in [2.75, 3.05) is 5.73 Å². The van der Waals surface area contributed by atoms with Gasteiger partial charge in [-0.1, -0.05) is 12.1 Å². The van der Waals surface area contributed by atoms with Gasteiger partial charge in [0.15, 0.2) is 11.5 Å². The van der Waals surface area contributed by atoms with Crippen LogP contribution < -0.4 is 10.5 Å². The number of phenolic OH excluding ortho intramolecular Hbond substituents is 1. The monoisotopic (exact) mass is 233 g/mol. The number of aromatic hydroxyl groups is 1. The van der Waals surface area contributed by atoms with Gasteiger partial charge in [-0.3, -0.25) is 4.68 Å². The maximum Gasteiger partial charge on any atom is 0.161 e. The van der Waals surface area contributed by atoms with Crippen molar-refractivity contribution in [2.24, 2.45) is 0 Å². The second-order valence-electron chi connectivity index (χ2n) is 3.63. The smallest absolute Gasteiger partial charge is 0.161 e. The van der Waals surface area contributed by atoms with E-state index in [0.717, 1.165) is 12.1 Å². The van der Waals surface area contributed by atoms with Crippen LogP contribution in [0.25, 0.3) is 0 Å². The molecule has 1 heterocycles. The Bertz CT molecular complexity index is 508. The number of ether oxygens (including phenoxy) is 1. The van der Waals surface area contributed by atoms with E-state index < -0.39 is 0 Å². The van der Waals surface area contributed by atoms with Gasteiger partial charge >= 0.3 is 0 Å². The maximum atomic E-state index is 9.53. The molecule has 0 bridgehead atoms. The van der Waals surface area contributed by atoms with Crippen molar-refractivity contribution in [3.63, 3.8) is 0 Å². The summed E-state index contributed by atoms with van der Waals surface area (Å²) in [6, 6.07) is 6.82. The molecule has 0 aliphatic heterocycles. The van der Waals surface area contributed by atoms with Crippen LogP contribution in [0.5, 0.6) is 11.5 Å². The molecule has 2 rings (SSSR count). The number of rotatable bonds is 4. The van der Waals surface area contributed by atoms with Gasteiger partial charge in [0, 0.05) is 6.54 Å². The predicted octanol–water partition coefficient (Wildman–Crippen LogP) is 1.77. The van der Waals surface area contributed by atoms with Gasteiger partial charge in [-0.15, -0.1) is 0 Å². The topological polar surface area (TPSA) is 73.3 Å². The van der Waals surface area contributed by atoms with Crippen LogP contribution in [-0.2, 0) is 13.2 Å². The molecule has 3 N–H and O–H groups in total. The SMILES string of the molecule is CCn1ncc(COc2ccccc2O)c1N. The Labute approximate surface area is 99.4 Å². The summed E-state index contributed by atoms with van der Waals surface area (Å²) >= 11 is 0. The summed E-state index contributed by atoms with van der Waals surface area (Å²) in [6.07, 6.45) is 1.68. The first-order valence-electron chi connectivity index (χ1n) is 5.43. The van der Waals surface area contributed by atoms with Crippen LogP contribution in [0, 0.1) is 0 Å². The molecule has 0 fully saturated rings. The molecule has 1 aromatic carbocycles. The minimum Gasteiger partial charge on any atom is -0.504 e. The fourth-order valence-electron chi connectivity index (χ4n) is 1.53. The normalized spacial score (nSPS) is 10.4. The molecule has 5 heteroatoms. The largest absolute Gasteiger partial charge is 0.504 e. The van der Waals surface area contributed by atoms with Gasteiger partial charge in [-0.25, -0.2) is 0 Å². The first-order chi connectivity index (χ1) is 8.22. The number of anilines is 1. The number of hydrogen-bond donors (Lipinski definition) is 2. The Hall–Kier alpha value is -2.17. The molecule has 0 aliphatic rings. The lowest BCUT2D eigenvalue weighted by Crippen LogP contribution is -2.04. The van der Waals surface area contributed by atoms with Crippen LogP contribution in [0.1, 0.15) is 12.5 Å². The Kier molecular flexibility index (Phi) is 3.18. The molecule has 90 valence electrons. The third kappa shape index (κ3) is 2.33. The average molecular weight is 233 g/mol. The summed E-state index contributed by atoms with van der Waals surface area (Å²) in [6.45, 7) is 2.99. The summed E-state index contributed by atoms with van der Waals surface area (Å²) < 4.78 is 7.18. The summed E-state index contributed by atoms with van der Waals surface area (Å²) in [5, 5.41) is 13.7. The van der Waals surface area contributed by atoms with E-state index in [2.05, 4.69) is 5.10 Å². The molecule has 0 saturated carbocycles. The number of nitrogens with zero attached hydrogens (tertiary/aromatic N) is 2. The number of aryl methyl sites for hydroxylation is 1. The number of nitrogen functional groups attached to an aromatic ring is 1. The second-order valence-corrected chi connectivity index (χ2v) is 3.63. The van der Waals surface area contributed by atoms with Crippen molar-refractivity contribution >= 4 is 5.82 Å². The first kappa shape index (κ1) is 11.3. The highest BCUT2D eigenvalue weighted by molar-refractivity contribution is 5.40. The average Bonchev–Trinajstić information content (AvgIpc) is 2.69. The quantitative estimate of drug-likeness (QED) is 0.844. The number of hydrogen-bond acceptors (Lipinski definition) is 4. The van der Waals surface area contributed by atoms with Crippen molar-refractivity contribution in [3.8, 4) is 11.5 Å². The van der Waals surface area contributed by atoms with E-state index in [1.165, 1.54) is 0 Å². The molecular formula is C12H15N3O2. The van der Waals surface area contributed by atoms with Gasteiger partial charge < -0.3 is 15.6 Å². The zero-order chi connectivity index (χ0) is 12.3. The number of para-hydroxylation sites is 2. The molecule has 1 aromatic heterocycles. The fourth-order valence-corrected chi connectivity index (χ4v) is 1.53. The first-order valence-corrected chi connectivity index (χ1v) is 5.43. The van der Waals surface area contributed by atoms with Crippen LogP contribution in [-0.4, -0.2) is 14.9 Å². The van der Waals surface area contributed by atoms with Gasteiger partial charge in [0.1, 0.15) is 12.4 Å². The number of phenols is 1. The number of nitrogens with two attached hydrogens (primary N) is 1.